The molecule has 3 nitrogen and oxygen atoms in total. The third-order valence-electron chi connectivity index (χ3n) is 4.59. The summed E-state index contributed by atoms with van der Waals surface area (Å²) in [5, 5.41) is -0.100. The average molecular weight is 357 g/mol. The number of aromatic nitrogens is 3. The van der Waals surface area contributed by atoms with Gasteiger partial charge in [-0.3, -0.25) is 0 Å². The molecule has 2 aromatic rings. The molecule has 20 heavy (non-hydrogen) atoms. The van der Waals surface area contributed by atoms with Crippen molar-refractivity contribution >= 4 is 38.7 Å². The minimum absolute atomic E-state index is 0.100. The van der Waals surface area contributed by atoms with Gasteiger partial charge < -0.3 is 4.57 Å². The van der Waals surface area contributed by atoms with E-state index in [9.17, 15) is 0 Å². The molecule has 1 fully saturated rings. The second-order valence-electron chi connectivity index (χ2n) is 5.88. The highest BCUT2D eigenvalue weighted by Crippen LogP contribution is 2.46. The number of pyridine rings is 1. The molecule has 0 saturated heterocycles. The second kappa shape index (κ2) is 5.30. The van der Waals surface area contributed by atoms with Crippen molar-refractivity contribution in [3.8, 4) is 0 Å². The fraction of sp³-hybridized carbons (Fsp3) is 0.600. The highest BCUT2D eigenvalue weighted by atomic mass is 79.9. The van der Waals surface area contributed by atoms with Crippen LogP contribution in [0.15, 0.2) is 16.7 Å². The average Bonchev–Trinajstić information content (AvgIpc) is 2.71. The Bertz CT molecular complexity index is 626. The number of imidazole rings is 1. The van der Waals surface area contributed by atoms with Crippen LogP contribution in [0.2, 0.25) is 0 Å². The highest BCUT2D eigenvalue weighted by molar-refractivity contribution is 9.10. The van der Waals surface area contributed by atoms with E-state index in [1.165, 1.54) is 25.7 Å². The second-order valence-corrected chi connectivity index (χ2v) is 7.45. The van der Waals surface area contributed by atoms with Crippen LogP contribution in [0.25, 0.3) is 11.2 Å². The van der Waals surface area contributed by atoms with Gasteiger partial charge in [0, 0.05) is 17.2 Å². The maximum atomic E-state index is 6.33. The van der Waals surface area contributed by atoms with Gasteiger partial charge in [0.05, 0.1) is 5.38 Å². The van der Waals surface area contributed by atoms with Crippen molar-refractivity contribution in [1.29, 1.82) is 0 Å². The van der Waals surface area contributed by atoms with Crippen LogP contribution in [0.5, 0.6) is 0 Å². The first kappa shape index (κ1) is 14.3. The lowest BCUT2D eigenvalue weighted by molar-refractivity contribution is 0.100. The third kappa shape index (κ3) is 2.37. The number of hydrogen-bond donors (Lipinski definition) is 0. The molecule has 108 valence electrons. The zero-order valence-corrected chi connectivity index (χ0v) is 14.2. The Labute approximate surface area is 132 Å². The molecule has 2 aromatic heterocycles. The summed E-state index contributed by atoms with van der Waals surface area (Å²) in [6.45, 7) is 5.25. The largest absolute Gasteiger partial charge is 0.311 e. The molecule has 0 radical (unpaired) electrons. The summed E-state index contributed by atoms with van der Waals surface area (Å²) in [4.78, 5) is 9.24. The number of nitrogens with zero attached hydrogens (tertiary/aromatic N) is 3. The minimum Gasteiger partial charge on any atom is -0.311 e. The van der Waals surface area contributed by atoms with Gasteiger partial charge in [-0.1, -0.05) is 13.3 Å². The van der Waals surface area contributed by atoms with Crippen molar-refractivity contribution in [3.05, 3.63) is 22.6 Å². The quantitative estimate of drug-likeness (QED) is 0.716. The first-order valence-electron chi connectivity index (χ1n) is 7.20. The molecular weight excluding hydrogens is 338 g/mol. The molecule has 0 spiro atoms. The molecule has 0 bridgehead atoms. The molecule has 1 unspecified atom stereocenters. The molecule has 3 rings (SSSR count). The number of hydrogen-bond acceptors (Lipinski definition) is 2. The first-order chi connectivity index (χ1) is 9.54. The number of rotatable bonds is 4. The van der Waals surface area contributed by atoms with Crippen LogP contribution in [0.1, 0.15) is 50.7 Å². The molecule has 1 aliphatic rings. The van der Waals surface area contributed by atoms with Crippen LogP contribution in [0, 0.1) is 5.41 Å². The lowest BCUT2D eigenvalue weighted by Gasteiger charge is -2.42. The van der Waals surface area contributed by atoms with Crippen LogP contribution in [0.4, 0.5) is 0 Å². The summed E-state index contributed by atoms with van der Waals surface area (Å²) in [6.07, 6.45) is 6.98. The SMILES string of the molecule is CCC1(Cn2c(C(C)Cl)nc3cc(Br)cnc32)CCC1. The summed E-state index contributed by atoms with van der Waals surface area (Å²) in [7, 11) is 0. The number of alkyl halides is 1. The minimum atomic E-state index is -0.100. The molecule has 2 heterocycles. The maximum absolute atomic E-state index is 6.33. The fourth-order valence-electron chi connectivity index (χ4n) is 3.10. The van der Waals surface area contributed by atoms with E-state index in [2.05, 4.69) is 37.4 Å². The Morgan fingerprint density at radius 3 is 2.80 bits per heavy atom. The van der Waals surface area contributed by atoms with Gasteiger partial charge in [0.2, 0.25) is 0 Å². The molecule has 1 atom stereocenters. The summed E-state index contributed by atoms with van der Waals surface area (Å²) in [5.74, 6) is 0.937. The van der Waals surface area contributed by atoms with Crippen molar-refractivity contribution < 1.29 is 0 Å². The molecular formula is C15H19BrClN3. The summed E-state index contributed by atoms with van der Waals surface area (Å²) in [6, 6.07) is 2.01. The summed E-state index contributed by atoms with van der Waals surface area (Å²) in [5.41, 5.74) is 2.30. The van der Waals surface area contributed by atoms with Crippen LogP contribution in [-0.4, -0.2) is 14.5 Å². The van der Waals surface area contributed by atoms with Crippen molar-refractivity contribution in [2.45, 2.75) is 51.5 Å². The van der Waals surface area contributed by atoms with Gasteiger partial charge in [0.1, 0.15) is 11.3 Å². The van der Waals surface area contributed by atoms with Crippen molar-refractivity contribution in [1.82, 2.24) is 14.5 Å². The lowest BCUT2D eigenvalue weighted by Crippen LogP contribution is -2.34. The van der Waals surface area contributed by atoms with Crippen LogP contribution in [-0.2, 0) is 6.54 Å². The Morgan fingerprint density at radius 2 is 2.25 bits per heavy atom. The summed E-state index contributed by atoms with van der Waals surface area (Å²) < 4.78 is 3.19. The molecule has 0 aromatic carbocycles. The highest BCUT2D eigenvalue weighted by Gasteiger charge is 2.36. The Kier molecular flexibility index (Phi) is 3.80. The van der Waals surface area contributed by atoms with Crippen molar-refractivity contribution in [2.24, 2.45) is 5.41 Å². The predicted molar refractivity (Wildman–Crippen MR) is 86.1 cm³/mol. The van der Waals surface area contributed by atoms with E-state index in [-0.39, 0.29) is 5.38 Å². The number of fused-ring (bicyclic) bond motifs is 1. The summed E-state index contributed by atoms with van der Waals surface area (Å²) >= 11 is 9.79. The van der Waals surface area contributed by atoms with E-state index in [1.54, 1.807) is 0 Å². The van der Waals surface area contributed by atoms with Crippen LogP contribution < -0.4 is 0 Å². The zero-order valence-electron chi connectivity index (χ0n) is 11.9. The predicted octanol–water partition coefficient (Wildman–Crippen LogP) is 5.07. The molecule has 1 saturated carbocycles. The Balaban J connectivity index is 2.09. The smallest absolute Gasteiger partial charge is 0.160 e. The van der Waals surface area contributed by atoms with Crippen LogP contribution >= 0.6 is 27.5 Å². The zero-order chi connectivity index (χ0) is 14.3. The standard InChI is InChI=1S/C15H19BrClN3/c1-3-15(5-4-6-15)9-20-13(10(2)17)19-12-7-11(16)8-18-14(12)20/h7-8,10H,3-6,9H2,1-2H3. The fourth-order valence-corrected chi connectivity index (χ4v) is 3.58. The van der Waals surface area contributed by atoms with E-state index < -0.39 is 0 Å². The molecule has 1 aliphatic carbocycles. The van der Waals surface area contributed by atoms with E-state index >= 15 is 0 Å². The van der Waals surface area contributed by atoms with Gasteiger partial charge >= 0.3 is 0 Å². The topological polar surface area (TPSA) is 30.7 Å². The van der Waals surface area contributed by atoms with Crippen molar-refractivity contribution in [3.63, 3.8) is 0 Å². The van der Waals surface area contributed by atoms with E-state index in [0.29, 0.717) is 5.41 Å². The Hall–Kier alpha value is -0.610. The Morgan fingerprint density at radius 1 is 1.50 bits per heavy atom. The maximum Gasteiger partial charge on any atom is 0.160 e. The van der Waals surface area contributed by atoms with E-state index in [0.717, 1.165) is 28.0 Å². The van der Waals surface area contributed by atoms with Gasteiger partial charge in [-0.25, -0.2) is 9.97 Å². The number of halogens is 2. The third-order valence-corrected chi connectivity index (χ3v) is 5.22. The monoisotopic (exact) mass is 355 g/mol. The van der Waals surface area contributed by atoms with Crippen molar-refractivity contribution in [2.75, 3.05) is 0 Å². The first-order valence-corrected chi connectivity index (χ1v) is 8.43. The molecule has 0 amide bonds. The molecule has 0 N–H and O–H groups in total. The van der Waals surface area contributed by atoms with E-state index in [1.807, 2.05) is 19.2 Å². The lowest BCUT2D eigenvalue weighted by atomic mass is 9.67. The molecule has 0 aliphatic heterocycles. The normalized spacial score (nSPS) is 19.0. The van der Waals surface area contributed by atoms with Gasteiger partial charge in [-0.05, 0) is 53.6 Å². The van der Waals surface area contributed by atoms with Gasteiger partial charge in [0.15, 0.2) is 5.65 Å². The molecule has 5 heteroatoms. The van der Waals surface area contributed by atoms with Crippen LogP contribution in [0.3, 0.4) is 0 Å². The van der Waals surface area contributed by atoms with Gasteiger partial charge in [0.25, 0.3) is 0 Å². The van der Waals surface area contributed by atoms with Gasteiger partial charge in [-0.2, -0.15) is 0 Å². The van der Waals surface area contributed by atoms with Gasteiger partial charge in [-0.15, -0.1) is 11.6 Å². The van der Waals surface area contributed by atoms with E-state index in [4.69, 9.17) is 11.6 Å².